The molecule has 3 aromatic rings. The Morgan fingerprint density at radius 1 is 1.44 bits per heavy atom. The second-order valence-electron chi connectivity index (χ2n) is 5.63. The van der Waals surface area contributed by atoms with Crippen LogP contribution < -0.4 is 10.6 Å². The summed E-state index contributed by atoms with van der Waals surface area (Å²) in [6.07, 6.45) is 4.42. The number of nitrogens with zero attached hydrogens (tertiary/aromatic N) is 2. The number of aromatic nitrogens is 3. The van der Waals surface area contributed by atoms with Gasteiger partial charge in [-0.05, 0) is 47.4 Å². The molecule has 25 heavy (non-hydrogen) atoms. The lowest BCUT2D eigenvalue weighted by Gasteiger charge is -2.05. The number of hydrogen-bond acceptors (Lipinski definition) is 5. The fraction of sp³-hybridized carbons (Fsp3) is 0.294. The summed E-state index contributed by atoms with van der Waals surface area (Å²) in [6.45, 7) is 7.75. The maximum Gasteiger partial charge on any atom is 0.201 e. The molecule has 3 aromatic heterocycles. The van der Waals surface area contributed by atoms with Crippen molar-refractivity contribution in [3.05, 3.63) is 44.8 Å². The number of fused-ring (bicyclic) bond motifs is 1. The normalized spacial score (nSPS) is 11.2. The summed E-state index contributed by atoms with van der Waals surface area (Å²) in [6, 6.07) is 1.90. The molecular formula is C17H19BrFN5S. The Morgan fingerprint density at radius 2 is 2.28 bits per heavy atom. The van der Waals surface area contributed by atoms with Crippen LogP contribution in [0.5, 0.6) is 0 Å². The summed E-state index contributed by atoms with van der Waals surface area (Å²) >= 11 is 4.87. The number of H-pyrrole nitrogens is 1. The molecule has 0 saturated heterocycles. The molecular weight excluding hydrogens is 405 g/mol. The van der Waals surface area contributed by atoms with Crippen molar-refractivity contribution >= 4 is 50.1 Å². The van der Waals surface area contributed by atoms with Gasteiger partial charge in [0.15, 0.2) is 0 Å². The van der Waals surface area contributed by atoms with Crippen LogP contribution in [0.4, 0.5) is 10.3 Å². The third-order valence-electron chi connectivity index (χ3n) is 3.81. The highest BCUT2D eigenvalue weighted by Crippen LogP contribution is 2.37. The molecule has 0 aliphatic heterocycles. The lowest BCUT2D eigenvalue weighted by atomic mass is 10.2. The molecule has 0 aliphatic rings. The summed E-state index contributed by atoms with van der Waals surface area (Å²) < 4.78 is 14.2. The quantitative estimate of drug-likeness (QED) is 0.462. The van der Waals surface area contributed by atoms with Gasteiger partial charge in [0.25, 0.3) is 0 Å². The van der Waals surface area contributed by atoms with E-state index in [1.807, 2.05) is 13.0 Å². The van der Waals surface area contributed by atoms with Crippen LogP contribution in [0.1, 0.15) is 21.7 Å². The second kappa shape index (κ2) is 8.07. The number of pyridine rings is 1. The third kappa shape index (κ3) is 4.26. The number of imidazole rings is 1. The Bertz CT molecular complexity index is 855. The lowest BCUT2D eigenvalue weighted by Crippen LogP contribution is -2.17. The first kappa shape index (κ1) is 18.0. The minimum atomic E-state index is -0.392. The van der Waals surface area contributed by atoms with Crippen LogP contribution in [0.25, 0.3) is 16.9 Å². The van der Waals surface area contributed by atoms with Crippen molar-refractivity contribution in [1.29, 1.82) is 0 Å². The minimum Gasteiger partial charge on any atom is -0.356 e. The van der Waals surface area contributed by atoms with E-state index in [1.165, 1.54) is 11.3 Å². The van der Waals surface area contributed by atoms with Gasteiger partial charge in [-0.25, -0.2) is 9.37 Å². The second-order valence-corrected chi connectivity index (χ2v) is 7.53. The van der Waals surface area contributed by atoms with E-state index in [1.54, 1.807) is 12.4 Å². The van der Waals surface area contributed by atoms with Gasteiger partial charge in [-0.3, -0.25) is 4.98 Å². The van der Waals surface area contributed by atoms with E-state index in [2.05, 4.69) is 48.1 Å². The monoisotopic (exact) mass is 423 g/mol. The van der Waals surface area contributed by atoms with E-state index in [9.17, 15) is 4.39 Å². The zero-order valence-electron chi connectivity index (χ0n) is 13.8. The standard InChI is InChI=1S/C17H19BrFN5S/c1-10-14(25-16(11(2)19)15(10)18)9-20-5-3-6-22-17-23-12-4-7-21-8-13(12)24-17/h4,7-8,20H,2-3,5-6,9H2,1H3,(H2,22,23,24). The van der Waals surface area contributed by atoms with Crippen molar-refractivity contribution in [2.45, 2.75) is 19.9 Å². The molecule has 0 radical (unpaired) electrons. The Morgan fingerprint density at radius 3 is 3.00 bits per heavy atom. The van der Waals surface area contributed by atoms with Crippen molar-refractivity contribution in [1.82, 2.24) is 20.3 Å². The van der Waals surface area contributed by atoms with Gasteiger partial charge >= 0.3 is 0 Å². The molecule has 0 bridgehead atoms. The number of anilines is 1. The van der Waals surface area contributed by atoms with Crippen molar-refractivity contribution in [3.8, 4) is 0 Å². The van der Waals surface area contributed by atoms with E-state index in [0.29, 0.717) is 4.88 Å². The number of aromatic amines is 1. The molecule has 0 aromatic carbocycles. The molecule has 0 unspecified atom stereocenters. The first-order valence-corrected chi connectivity index (χ1v) is 9.54. The van der Waals surface area contributed by atoms with Crippen LogP contribution in [0.3, 0.4) is 0 Å². The van der Waals surface area contributed by atoms with Crippen LogP contribution >= 0.6 is 27.3 Å². The fourth-order valence-corrected chi connectivity index (χ4v) is 4.30. The van der Waals surface area contributed by atoms with Gasteiger partial charge < -0.3 is 15.6 Å². The zero-order chi connectivity index (χ0) is 17.8. The predicted octanol–water partition coefficient (Wildman–Crippen LogP) is 4.62. The fourth-order valence-electron chi connectivity index (χ4n) is 2.44. The number of hydrogen-bond donors (Lipinski definition) is 3. The van der Waals surface area contributed by atoms with E-state index >= 15 is 0 Å². The highest BCUT2D eigenvalue weighted by molar-refractivity contribution is 9.10. The SMILES string of the molecule is C=C(F)c1sc(CNCCCNc2nc3cnccc3[nH]2)c(C)c1Br. The summed E-state index contributed by atoms with van der Waals surface area (Å²) in [5.74, 6) is 0.364. The largest absolute Gasteiger partial charge is 0.356 e. The van der Waals surface area contributed by atoms with Crippen molar-refractivity contribution in [3.63, 3.8) is 0 Å². The van der Waals surface area contributed by atoms with Crippen molar-refractivity contribution in [2.24, 2.45) is 0 Å². The molecule has 5 nitrogen and oxygen atoms in total. The van der Waals surface area contributed by atoms with Gasteiger partial charge in [0.2, 0.25) is 5.95 Å². The molecule has 3 rings (SSSR count). The highest BCUT2D eigenvalue weighted by Gasteiger charge is 2.14. The maximum absolute atomic E-state index is 13.4. The molecule has 0 spiro atoms. The molecule has 132 valence electrons. The number of thiophene rings is 1. The van der Waals surface area contributed by atoms with Gasteiger partial charge in [-0.1, -0.05) is 6.58 Å². The van der Waals surface area contributed by atoms with Crippen molar-refractivity contribution in [2.75, 3.05) is 18.4 Å². The van der Waals surface area contributed by atoms with Gasteiger partial charge in [0, 0.05) is 28.6 Å². The Balaban J connectivity index is 1.42. The molecule has 0 fully saturated rings. The minimum absolute atomic E-state index is 0.392. The molecule has 3 heterocycles. The zero-order valence-corrected chi connectivity index (χ0v) is 16.2. The Hall–Kier alpha value is -1.77. The summed E-state index contributed by atoms with van der Waals surface area (Å²) in [4.78, 5) is 13.4. The molecule has 0 atom stereocenters. The summed E-state index contributed by atoms with van der Waals surface area (Å²) in [5.41, 5.74) is 2.90. The van der Waals surface area contributed by atoms with Crippen molar-refractivity contribution < 1.29 is 4.39 Å². The Kier molecular flexibility index (Phi) is 5.82. The van der Waals surface area contributed by atoms with Crippen LogP contribution in [-0.2, 0) is 6.54 Å². The molecule has 3 N–H and O–H groups in total. The predicted molar refractivity (Wildman–Crippen MR) is 106 cm³/mol. The summed E-state index contributed by atoms with van der Waals surface area (Å²) in [7, 11) is 0. The van der Waals surface area contributed by atoms with E-state index in [4.69, 9.17) is 0 Å². The van der Waals surface area contributed by atoms with Crippen LogP contribution in [0.15, 0.2) is 29.5 Å². The van der Waals surface area contributed by atoms with E-state index in [0.717, 1.165) is 58.0 Å². The maximum atomic E-state index is 13.4. The van der Waals surface area contributed by atoms with Gasteiger partial charge in [0.1, 0.15) is 11.3 Å². The molecule has 0 aliphatic carbocycles. The summed E-state index contributed by atoms with van der Waals surface area (Å²) in [5, 5.41) is 6.66. The lowest BCUT2D eigenvalue weighted by molar-refractivity contribution is 0.666. The van der Waals surface area contributed by atoms with Crippen LogP contribution in [-0.4, -0.2) is 28.0 Å². The molecule has 0 saturated carbocycles. The smallest absolute Gasteiger partial charge is 0.201 e. The average molecular weight is 424 g/mol. The van der Waals surface area contributed by atoms with E-state index < -0.39 is 5.83 Å². The number of halogens is 2. The number of nitrogens with one attached hydrogen (secondary N) is 3. The molecule has 8 heteroatoms. The first-order chi connectivity index (χ1) is 12.1. The highest BCUT2D eigenvalue weighted by atomic mass is 79.9. The average Bonchev–Trinajstić information content (AvgIpc) is 3.13. The van der Waals surface area contributed by atoms with Crippen LogP contribution in [0.2, 0.25) is 0 Å². The first-order valence-electron chi connectivity index (χ1n) is 7.93. The van der Waals surface area contributed by atoms with Gasteiger partial charge in [-0.15, -0.1) is 11.3 Å². The van der Waals surface area contributed by atoms with Crippen LogP contribution in [0, 0.1) is 6.92 Å². The third-order valence-corrected chi connectivity index (χ3v) is 6.39. The van der Waals surface area contributed by atoms with Gasteiger partial charge in [0.05, 0.1) is 16.6 Å². The molecule has 0 amide bonds. The topological polar surface area (TPSA) is 65.6 Å². The van der Waals surface area contributed by atoms with E-state index in [-0.39, 0.29) is 0 Å². The van der Waals surface area contributed by atoms with Gasteiger partial charge in [-0.2, -0.15) is 0 Å². The Labute approximate surface area is 157 Å². The number of rotatable bonds is 8.